The molecular weight excluding hydrogens is 419 g/mol. The van der Waals surface area contributed by atoms with Gasteiger partial charge in [-0.05, 0) is 67.8 Å². The van der Waals surface area contributed by atoms with Gasteiger partial charge in [-0.25, -0.2) is 0 Å². The molecule has 3 aromatic rings. The van der Waals surface area contributed by atoms with E-state index in [-0.39, 0.29) is 18.3 Å². The van der Waals surface area contributed by atoms with E-state index in [0.717, 1.165) is 22.4 Å². The number of aliphatic imine (C=N–C) groups is 1. The van der Waals surface area contributed by atoms with Crippen molar-refractivity contribution in [3.05, 3.63) is 86.9 Å². The predicted molar refractivity (Wildman–Crippen MR) is 125 cm³/mol. The van der Waals surface area contributed by atoms with Crippen LogP contribution in [0, 0.1) is 20.8 Å². The Morgan fingerprint density at radius 2 is 1.70 bits per heavy atom. The lowest BCUT2D eigenvalue weighted by Gasteiger charge is -2.11. The Morgan fingerprint density at radius 1 is 1.00 bits per heavy atom. The monoisotopic (exact) mass is 440 g/mol. The van der Waals surface area contributed by atoms with Gasteiger partial charge in [-0.15, -0.1) is 0 Å². The van der Waals surface area contributed by atoms with Gasteiger partial charge in [0.15, 0.2) is 12.4 Å². The van der Waals surface area contributed by atoms with Crippen LogP contribution in [0.25, 0.3) is 0 Å². The lowest BCUT2D eigenvalue weighted by atomic mass is 10.1. The lowest BCUT2D eigenvalue weighted by molar-refractivity contribution is -0.118. The van der Waals surface area contributed by atoms with Crippen molar-refractivity contribution < 1.29 is 9.53 Å². The molecule has 154 valence electrons. The van der Waals surface area contributed by atoms with E-state index in [2.05, 4.69) is 16.4 Å². The maximum atomic E-state index is 12.2. The minimum atomic E-state index is -0.298. The number of nitrogens with one attached hydrogen (secondary N) is 1. The van der Waals surface area contributed by atoms with Crippen LogP contribution >= 0.6 is 23.2 Å². The fourth-order valence-electron chi connectivity index (χ4n) is 2.94. The molecule has 0 aliphatic heterocycles. The lowest BCUT2D eigenvalue weighted by Crippen LogP contribution is -2.20. The van der Waals surface area contributed by atoms with Gasteiger partial charge < -0.3 is 10.1 Å². The minimum absolute atomic E-state index is 0.205. The number of hydrogen-bond donors (Lipinski definition) is 1. The second-order valence-electron chi connectivity index (χ2n) is 7.07. The molecule has 0 saturated heterocycles. The summed E-state index contributed by atoms with van der Waals surface area (Å²) >= 11 is 12.7. The van der Waals surface area contributed by atoms with Crippen molar-refractivity contribution in [2.45, 2.75) is 20.8 Å². The molecule has 0 heterocycles. The predicted octanol–water partition coefficient (Wildman–Crippen LogP) is 6.69. The van der Waals surface area contributed by atoms with Crippen molar-refractivity contribution in [1.82, 2.24) is 0 Å². The Labute approximate surface area is 186 Å². The zero-order valence-corrected chi connectivity index (χ0v) is 18.5. The SMILES string of the molecule is Cc1cccc(NC(=O)COc2c(Cl)cc(C=Nc3ccc(C)cc3C)cc2Cl)c1. The average molecular weight is 441 g/mol. The fourth-order valence-corrected chi connectivity index (χ4v) is 3.56. The molecule has 3 rings (SSSR count). The Hall–Kier alpha value is -2.82. The van der Waals surface area contributed by atoms with E-state index in [4.69, 9.17) is 27.9 Å². The molecule has 1 amide bonds. The molecule has 0 spiro atoms. The number of rotatable bonds is 6. The van der Waals surface area contributed by atoms with Crippen LogP contribution in [-0.4, -0.2) is 18.7 Å². The van der Waals surface area contributed by atoms with E-state index >= 15 is 0 Å². The quantitative estimate of drug-likeness (QED) is 0.434. The first-order valence-electron chi connectivity index (χ1n) is 9.41. The van der Waals surface area contributed by atoms with Gasteiger partial charge in [0.05, 0.1) is 15.7 Å². The van der Waals surface area contributed by atoms with Gasteiger partial charge in [0, 0.05) is 11.9 Å². The smallest absolute Gasteiger partial charge is 0.262 e. The molecule has 0 radical (unpaired) electrons. The van der Waals surface area contributed by atoms with Crippen LogP contribution in [0.4, 0.5) is 11.4 Å². The minimum Gasteiger partial charge on any atom is -0.481 e. The van der Waals surface area contributed by atoms with E-state index in [1.165, 1.54) is 5.56 Å². The highest BCUT2D eigenvalue weighted by molar-refractivity contribution is 6.37. The largest absolute Gasteiger partial charge is 0.481 e. The summed E-state index contributed by atoms with van der Waals surface area (Å²) in [6, 6.07) is 17.0. The number of benzene rings is 3. The summed E-state index contributed by atoms with van der Waals surface area (Å²) in [4.78, 5) is 16.7. The van der Waals surface area contributed by atoms with Gasteiger partial charge in [-0.2, -0.15) is 0 Å². The number of amides is 1. The van der Waals surface area contributed by atoms with Crippen LogP contribution in [0.1, 0.15) is 22.3 Å². The first-order valence-corrected chi connectivity index (χ1v) is 10.2. The number of aryl methyl sites for hydroxylation is 3. The van der Waals surface area contributed by atoms with Crippen LogP contribution in [0.3, 0.4) is 0 Å². The summed E-state index contributed by atoms with van der Waals surface area (Å²) in [5.41, 5.74) is 5.65. The summed E-state index contributed by atoms with van der Waals surface area (Å²) in [6.45, 7) is 5.80. The summed E-state index contributed by atoms with van der Waals surface area (Å²) in [5.74, 6) is -0.0328. The topological polar surface area (TPSA) is 50.7 Å². The number of halogens is 2. The standard InChI is InChI=1S/C24H22Cl2N2O2/c1-15-5-4-6-19(10-15)28-23(29)14-30-24-20(25)11-18(12-21(24)26)13-27-22-8-7-16(2)9-17(22)3/h4-13H,14H2,1-3H3,(H,28,29). The van der Waals surface area contributed by atoms with E-state index in [0.29, 0.717) is 15.7 Å². The second-order valence-corrected chi connectivity index (χ2v) is 7.88. The molecule has 0 saturated carbocycles. The van der Waals surface area contributed by atoms with Crippen molar-refractivity contribution in [3.63, 3.8) is 0 Å². The number of hydrogen-bond acceptors (Lipinski definition) is 3. The second kappa shape index (κ2) is 9.79. The van der Waals surface area contributed by atoms with Gasteiger partial charge in [0.1, 0.15) is 0 Å². The average Bonchev–Trinajstić information content (AvgIpc) is 2.66. The molecule has 0 unspecified atom stereocenters. The maximum Gasteiger partial charge on any atom is 0.262 e. The number of anilines is 1. The Kier molecular flexibility index (Phi) is 7.14. The van der Waals surface area contributed by atoms with E-state index in [1.807, 2.05) is 57.2 Å². The highest BCUT2D eigenvalue weighted by atomic mass is 35.5. The molecule has 0 fully saturated rings. The van der Waals surface area contributed by atoms with Gasteiger partial charge in [0.25, 0.3) is 5.91 Å². The first kappa shape index (κ1) is 21.9. The number of nitrogens with zero attached hydrogens (tertiary/aromatic N) is 1. The summed E-state index contributed by atoms with van der Waals surface area (Å²) in [7, 11) is 0. The molecular formula is C24H22Cl2N2O2. The third-order valence-electron chi connectivity index (χ3n) is 4.38. The summed E-state index contributed by atoms with van der Waals surface area (Å²) in [5, 5.41) is 3.41. The highest BCUT2D eigenvalue weighted by Crippen LogP contribution is 2.34. The Balaban J connectivity index is 1.67. The molecule has 0 aromatic heterocycles. The molecule has 1 N–H and O–H groups in total. The van der Waals surface area contributed by atoms with Crippen LogP contribution in [0.2, 0.25) is 10.0 Å². The molecule has 0 atom stereocenters. The van der Waals surface area contributed by atoms with Crippen LogP contribution < -0.4 is 10.1 Å². The maximum absolute atomic E-state index is 12.2. The van der Waals surface area contributed by atoms with Crippen molar-refractivity contribution >= 4 is 46.7 Å². The van der Waals surface area contributed by atoms with Crippen LogP contribution in [0.15, 0.2) is 59.6 Å². The van der Waals surface area contributed by atoms with Gasteiger partial charge >= 0.3 is 0 Å². The van der Waals surface area contributed by atoms with Crippen LogP contribution in [0.5, 0.6) is 5.75 Å². The zero-order chi connectivity index (χ0) is 21.7. The van der Waals surface area contributed by atoms with Gasteiger partial charge in [0.2, 0.25) is 0 Å². The molecule has 3 aromatic carbocycles. The summed E-state index contributed by atoms with van der Waals surface area (Å²) in [6.07, 6.45) is 1.70. The third kappa shape index (κ3) is 5.85. The molecule has 0 bridgehead atoms. The summed E-state index contributed by atoms with van der Waals surface area (Å²) < 4.78 is 5.56. The Bertz CT molecular complexity index is 1090. The van der Waals surface area contributed by atoms with Crippen molar-refractivity contribution in [2.24, 2.45) is 4.99 Å². The van der Waals surface area contributed by atoms with E-state index in [9.17, 15) is 4.79 Å². The van der Waals surface area contributed by atoms with Crippen molar-refractivity contribution in [3.8, 4) is 5.75 Å². The number of carbonyl (C=O) groups is 1. The number of carbonyl (C=O) groups excluding carboxylic acids is 1. The first-order chi connectivity index (χ1) is 14.3. The Morgan fingerprint density at radius 3 is 2.37 bits per heavy atom. The van der Waals surface area contributed by atoms with Crippen LogP contribution in [-0.2, 0) is 4.79 Å². The van der Waals surface area contributed by atoms with E-state index in [1.54, 1.807) is 18.3 Å². The fraction of sp³-hybridized carbons (Fsp3) is 0.167. The van der Waals surface area contributed by atoms with Crippen molar-refractivity contribution in [1.29, 1.82) is 0 Å². The highest BCUT2D eigenvalue weighted by Gasteiger charge is 2.12. The van der Waals surface area contributed by atoms with Crippen molar-refractivity contribution in [2.75, 3.05) is 11.9 Å². The zero-order valence-electron chi connectivity index (χ0n) is 17.0. The third-order valence-corrected chi connectivity index (χ3v) is 4.94. The molecule has 30 heavy (non-hydrogen) atoms. The molecule has 0 aliphatic carbocycles. The van der Waals surface area contributed by atoms with Gasteiger partial charge in [-0.1, -0.05) is 53.0 Å². The molecule has 4 nitrogen and oxygen atoms in total. The number of ether oxygens (including phenoxy) is 1. The van der Waals surface area contributed by atoms with Gasteiger partial charge in [-0.3, -0.25) is 9.79 Å². The molecule has 6 heteroatoms. The normalized spacial score (nSPS) is 11.0. The van der Waals surface area contributed by atoms with E-state index < -0.39 is 0 Å². The molecule has 0 aliphatic rings.